The number of nitrogens with one attached hydrogen (secondary N) is 2. The molecule has 9 nitrogen and oxygen atoms in total. The zero-order valence-corrected chi connectivity index (χ0v) is 11.6. The number of amides is 1. The Morgan fingerprint density at radius 1 is 1.52 bits per heavy atom. The van der Waals surface area contributed by atoms with E-state index in [0.717, 1.165) is 30.3 Å². The first-order chi connectivity index (χ1) is 10.1. The van der Waals surface area contributed by atoms with Gasteiger partial charge in [-0.05, 0) is 25.3 Å². The van der Waals surface area contributed by atoms with E-state index < -0.39 is 4.92 Å². The van der Waals surface area contributed by atoms with Crippen LogP contribution in [0.1, 0.15) is 17.7 Å². The van der Waals surface area contributed by atoms with Gasteiger partial charge in [0, 0.05) is 12.2 Å². The Bertz CT molecular complexity index is 632. The van der Waals surface area contributed by atoms with Crippen molar-refractivity contribution in [3.8, 4) is 0 Å². The van der Waals surface area contributed by atoms with E-state index in [4.69, 9.17) is 0 Å². The van der Waals surface area contributed by atoms with Gasteiger partial charge in [0.2, 0.25) is 5.91 Å². The lowest BCUT2D eigenvalue weighted by Crippen LogP contribution is -2.28. The first kappa shape index (κ1) is 14.7. The van der Waals surface area contributed by atoms with E-state index in [-0.39, 0.29) is 18.1 Å². The molecule has 0 spiro atoms. The van der Waals surface area contributed by atoms with Crippen LogP contribution in [0.4, 0.5) is 5.69 Å². The predicted molar refractivity (Wildman–Crippen MR) is 73.5 cm³/mol. The second-order valence-electron chi connectivity index (χ2n) is 4.63. The Hall–Kier alpha value is -2.71. The van der Waals surface area contributed by atoms with Gasteiger partial charge < -0.3 is 5.32 Å². The number of aryl methyl sites for hydroxylation is 2. The van der Waals surface area contributed by atoms with Crippen molar-refractivity contribution >= 4 is 11.6 Å². The first-order valence-corrected chi connectivity index (χ1v) is 6.48. The zero-order chi connectivity index (χ0) is 15.2. The van der Waals surface area contributed by atoms with Crippen LogP contribution in [-0.4, -0.2) is 37.4 Å². The highest BCUT2D eigenvalue weighted by Crippen LogP contribution is 2.07. The Morgan fingerprint density at radius 3 is 2.95 bits per heavy atom. The summed E-state index contributed by atoms with van der Waals surface area (Å²) in [6.07, 6.45) is 5.75. The number of nitrogens with zero attached hydrogens (tertiary/aromatic N) is 4. The molecule has 2 N–H and O–H groups in total. The molecule has 2 rings (SSSR count). The van der Waals surface area contributed by atoms with Crippen LogP contribution in [0.2, 0.25) is 0 Å². The van der Waals surface area contributed by atoms with E-state index in [9.17, 15) is 14.9 Å². The van der Waals surface area contributed by atoms with Crippen molar-refractivity contribution in [1.29, 1.82) is 0 Å². The minimum Gasteiger partial charge on any atom is -0.354 e. The van der Waals surface area contributed by atoms with Crippen molar-refractivity contribution < 1.29 is 9.72 Å². The van der Waals surface area contributed by atoms with Crippen LogP contribution < -0.4 is 5.32 Å². The first-order valence-electron chi connectivity index (χ1n) is 6.48. The molecule has 0 aliphatic carbocycles. The van der Waals surface area contributed by atoms with Gasteiger partial charge >= 0.3 is 5.69 Å². The number of hydrogen-bond acceptors (Lipinski definition) is 5. The Kier molecular flexibility index (Phi) is 4.64. The molecule has 2 heterocycles. The minimum atomic E-state index is -0.547. The molecule has 1 amide bonds. The predicted octanol–water partition coefficient (Wildman–Crippen LogP) is 0.572. The van der Waals surface area contributed by atoms with Gasteiger partial charge in [0.15, 0.2) is 0 Å². The molecule has 0 atom stereocenters. The molecule has 0 aromatic carbocycles. The van der Waals surface area contributed by atoms with Gasteiger partial charge in [0.05, 0.1) is 11.1 Å². The largest absolute Gasteiger partial charge is 0.354 e. The molecular formula is C12H16N6O3. The lowest BCUT2D eigenvalue weighted by Gasteiger charge is -2.04. The highest BCUT2D eigenvalue weighted by Gasteiger charge is 2.10. The average Bonchev–Trinajstić information content (AvgIpc) is 3.04. The van der Waals surface area contributed by atoms with Gasteiger partial charge in [-0.3, -0.25) is 24.7 Å². The van der Waals surface area contributed by atoms with E-state index in [0.29, 0.717) is 6.54 Å². The quantitative estimate of drug-likeness (QED) is 0.439. The molecule has 2 aromatic heterocycles. The topological polar surface area (TPSA) is 119 Å². The average molecular weight is 292 g/mol. The van der Waals surface area contributed by atoms with Crippen LogP contribution >= 0.6 is 0 Å². The Balaban J connectivity index is 1.70. The third kappa shape index (κ3) is 4.13. The maximum Gasteiger partial charge on any atom is 0.307 e. The standard InChI is InChI=1S/C12H16N6O3/c1-9-10(5-14-16-9)3-2-4-13-12(19)8-17-7-11(6-15-17)18(20)21/h5-7H,2-4,8H2,1H3,(H,13,19)(H,14,16). The lowest BCUT2D eigenvalue weighted by molar-refractivity contribution is -0.385. The zero-order valence-electron chi connectivity index (χ0n) is 11.6. The van der Waals surface area contributed by atoms with E-state index in [1.54, 1.807) is 6.20 Å². The van der Waals surface area contributed by atoms with Gasteiger partial charge in [-0.1, -0.05) is 0 Å². The number of aromatic amines is 1. The SMILES string of the molecule is Cc1[nH]ncc1CCCNC(=O)Cn1cc([N+](=O)[O-])cn1. The summed E-state index contributed by atoms with van der Waals surface area (Å²) in [6.45, 7) is 2.46. The normalized spacial score (nSPS) is 10.5. The molecule has 0 radical (unpaired) electrons. The van der Waals surface area contributed by atoms with Crippen molar-refractivity contribution in [2.24, 2.45) is 0 Å². The van der Waals surface area contributed by atoms with Crippen molar-refractivity contribution in [1.82, 2.24) is 25.3 Å². The van der Waals surface area contributed by atoms with Crippen LogP contribution in [0.5, 0.6) is 0 Å². The number of H-pyrrole nitrogens is 1. The van der Waals surface area contributed by atoms with Gasteiger partial charge in [-0.2, -0.15) is 10.2 Å². The molecule has 0 saturated heterocycles. The van der Waals surface area contributed by atoms with E-state index >= 15 is 0 Å². The summed E-state index contributed by atoms with van der Waals surface area (Å²) in [5, 5.41) is 23.8. The second-order valence-corrected chi connectivity index (χ2v) is 4.63. The summed E-state index contributed by atoms with van der Waals surface area (Å²) >= 11 is 0. The van der Waals surface area contributed by atoms with Crippen molar-refractivity contribution in [2.75, 3.05) is 6.54 Å². The van der Waals surface area contributed by atoms with Crippen molar-refractivity contribution in [2.45, 2.75) is 26.3 Å². The number of aromatic nitrogens is 4. The summed E-state index contributed by atoms with van der Waals surface area (Å²) in [4.78, 5) is 21.6. The molecule has 21 heavy (non-hydrogen) atoms. The van der Waals surface area contributed by atoms with Crippen LogP contribution in [0.25, 0.3) is 0 Å². The Labute approximate surface area is 120 Å². The highest BCUT2D eigenvalue weighted by atomic mass is 16.6. The van der Waals surface area contributed by atoms with Crippen LogP contribution in [-0.2, 0) is 17.8 Å². The molecular weight excluding hydrogens is 276 g/mol. The third-order valence-electron chi connectivity index (χ3n) is 3.02. The van der Waals surface area contributed by atoms with Gasteiger partial charge in [-0.25, -0.2) is 0 Å². The number of nitro groups is 1. The molecule has 2 aromatic rings. The summed E-state index contributed by atoms with van der Waals surface area (Å²) in [5.74, 6) is -0.225. The fourth-order valence-electron chi connectivity index (χ4n) is 1.87. The fourth-order valence-corrected chi connectivity index (χ4v) is 1.87. The maximum atomic E-state index is 11.7. The summed E-state index contributed by atoms with van der Waals surface area (Å²) < 4.78 is 1.24. The molecule has 112 valence electrons. The highest BCUT2D eigenvalue weighted by molar-refractivity contribution is 5.75. The Morgan fingerprint density at radius 2 is 2.33 bits per heavy atom. The fraction of sp³-hybridized carbons (Fsp3) is 0.417. The molecule has 0 saturated carbocycles. The second kappa shape index (κ2) is 6.64. The number of hydrogen-bond donors (Lipinski definition) is 2. The van der Waals surface area contributed by atoms with Crippen LogP contribution in [0.15, 0.2) is 18.6 Å². The summed E-state index contributed by atoms with van der Waals surface area (Å²) in [7, 11) is 0. The number of carbonyl (C=O) groups excluding carboxylic acids is 1. The minimum absolute atomic E-state index is 0.0292. The number of carbonyl (C=O) groups is 1. The summed E-state index contributed by atoms with van der Waals surface area (Å²) in [6, 6.07) is 0. The van der Waals surface area contributed by atoms with E-state index in [2.05, 4.69) is 20.6 Å². The van der Waals surface area contributed by atoms with E-state index in [1.807, 2.05) is 6.92 Å². The molecule has 0 bridgehead atoms. The number of rotatable bonds is 7. The molecule has 0 aliphatic heterocycles. The smallest absolute Gasteiger partial charge is 0.307 e. The lowest BCUT2D eigenvalue weighted by atomic mass is 10.1. The summed E-state index contributed by atoms with van der Waals surface area (Å²) in [5.41, 5.74) is 2.04. The maximum absolute atomic E-state index is 11.7. The molecule has 0 unspecified atom stereocenters. The molecule has 0 aliphatic rings. The van der Waals surface area contributed by atoms with E-state index in [1.165, 1.54) is 10.9 Å². The van der Waals surface area contributed by atoms with Crippen molar-refractivity contribution in [3.63, 3.8) is 0 Å². The van der Waals surface area contributed by atoms with Gasteiger partial charge in [-0.15, -0.1) is 0 Å². The van der Waals surface area contributed by atoms with Gasteiger partial charge in [0.25, 0.3) is 0 Å². The van der Waals surface area contributed by atoms with Crippen LogP contribution in [0, 0.1) is 17.0 Å². The molecule has 9 heteroatoms. The van der Waals surface area contributed by atoms with Crippen LogP contribution in [0.3, 0.4) is 0 Å². The molecule has 0 fully saturated rings. The monoisotopic (exact) mass is 292 g/mol. The third-order valence-corrected chi connectivity index (χ3v) is 3.02. The van der Waals surface area contributed by atoms with Crippen molar-refractivity contribution in [3.05, 3.63) is 40.0 Å². The van der Waals surface area contributed by atoms with Gasteiger partial charge in [0.1, 0.15) is 18.9 Å².